The average Bonchev–Trinajstić information content (AvgIpc) is 3.29. The van der Waals surface area contributed by atoms with Gasteiger partial charge in [0.05, 0.1) is 30.6 Å². The summed E-state index contributed by atoms with van der Waals surface area (Å²) in [5.41, 5.74) is 3.72. The van der Waals surface area contributed by atoms with E-state index in [0.29, 0.717) is 29.8 Å². The SMILES string of the molecule is CC(=O)c1cc(-c2ccnn2C2CCCCO2)cc2ncc(N3CCOCC3)nc12. The van der Waals surface area contributed by atoms with Gasteiger partial charge in [-0.15, -0.1) is 0 Å². The van der Waals surface area contributed by atoms with Crippen molar-refractivity contribution in [3.63, 3.8) is 0 Å². The molecule has 0 spiro atoms. The molecule has 0 aliphatic carbocycles. The number of ether oxygens (including phenoxy) is 2. The largest absolute Gasteiger partial charge is 0.378 e. The fraction of sp³-hybridized carbons (Fsp3) is 0.455. The van der Waals surface area contributed by atoms with Gasteiger partial charge in [0.2, 0.25) is 0 Å². The molecule has 5 rings (SSSR count). The molecule has 1 aromatic carbocycles. The van der Waals surface area contributed by atoms with Gasteiger partial charge in [0.1, 0.15) is 11.3 Å². The zero-order valence-electron chi connectivity index (χ0n) is 17.1. The summed E-state index contributed by atoms with van der Waals surface area (Å²) in [5.74, 6) is 0.747. The molecular formula is C22H25N5O3. The molecule has 30 heavy (non-hydrogen) atoms. The minimum atomic E-state index is -0.0741. The summed E-state index contributed by atoms with van der Waals surface area (Å²) in [7, 11) is 0. The molecule has 0 N–H and O–H groups in total. The lowest BCUT2D eigenvalue weighted by Crippen LogP contribution is -2.36. The highest BCUT2D eigenvalue weighted by molar-refractivity contribution is 6.06. The number of benzene rings is 1. The molecule has 2 fully saturated rings. The smallest absolute Gasteiger partial charge is 0.162 e. The third kappa shape index (κ3) is 3.57. The number of ketones is 1. The highest BCUT2D eigenvalue weighted by Gasteiger charge is 2.22. The molecule has 0 saturated carbocycles. The second-order valence-corrected chi connectivity index (χ2v) is 7.76. The molecule has 0 bridgehead atoms. The molecule has 2 saturated heterocycles. The number of Topliss-reactive ketones (excluding diaryl/α,β-unsaturated/α-hetero) is 1. The van der Waals surface area contributed by atoms with Crippen LogP contribution in [0.3, 0.4) is 0 Å². The van der Waals surface area contributed by atoms with Crippen molar-refractivity contribution in [1.29, 1.82) is 0 Å². The molecule has 0 amide bonds. The minimum Gasteiger partial charge on any atom is -0.378 e. The average molecular weight is 407 g/mol. The van der Waals surface area contributed by atoms with Crippen molar-refractivity contribution in [2.75, 3.05) is 37.8 Å². The van der Waals surface area contributed by atoms with Crippen LogP contribution in [0, 0.1) is 0 Å². The van der Waals surface area contributed by atoms with Crippen molar-refractivity contribution < 1.29 is 14.3 Å². The molecule has 1 unspecified atom stereocenters. The monoisotopic (exact) mass is 407 g/mol. The van der Waals surface area contributed by atoms with E-state index in [2.05, 4.69) is 15.0 Å². The van der Waals surface area contributed by atoms with E-state index in [0.717, 1.165) is 56.0 Å². The minimum absolute atomic E-state index is 0.0322. The first-order valence-corrected chi connectivity index (χ1v) is 10.5. The lowest BCUT2D eigenvalue weighted by molar-refractivity contribution is -0.0383. The van der Waals surface area contributed by atoms with Crippen LogP contribution in [0.1, 0.15) is 42.8 Å². The third-order valence-corrected chi connectivity index (χ3v) is 5.74. The van der Waals surface area contributed by atoms with Gasteiger partial charge in [0, 0.05) is 37.0 Å². The van der Waals surface area contributed by atoms with Crippen LogP contribution in [0.5, 0.6) is 0 Å². The zero-order valence-corrected chi connectivity index (χ0v) is 17.1. The Balaban J connectivity index is 1.58. The van der Waals surface area contributed by atoms with E-state index in [1.54, 1.807) is 19.3 Å². The number of hydrogen-bond donors (Lipinski definition) is 0. The number of carbonyl (C=O) groups is 1. The maximum atomic E-state index is 12.5. The molecule has 2 aromatic heterocycles. The molecule has 3 aromatic rings. The van der Waals surface area contributed by atoms with Gasteiger partial charge in [-0.2, -0.15) is 5.10 Å². The number of morpholine rings is 1. The van der Waals surface area contributed by atoms with Crippen molar-refractivity contribution in [1.82, 2.24) is 19.7 Å². The number of carbonyl (C=O) groups excluding carboxylic acids is 1. The quantitative estimate of drug-likeness (QED) is 0.614. The van der Waals surface area contributed by atoms with Crippen molar-refractivity contribution in [3.05, 3.63) is 36.2 Å². The summed E-state index contributed by atoms with van der Waals surface area (Å²) in [6.45, 7) is 5.21. The predicted molar refractivity (Wildman–Crippen MR) is 113 cm³/mol. The molecule has 0 radical (unpaired) electrons. The van der Waals surface area contributed by atoms with Crippen molar-refractivity contribution >= 4 is 22.6 Å². The first kappa shape index (κ1) is 19.1. The van der Waals surface area contributed by atoms with E-state index in [1.807, 2.05) is 22.9 Å². The molecule has 8 nitrogen and oxygen atoms in total. The summed E-state index contributed by atoms with van der Waals surface area (Å²) < 4.78 is 13.3. The van der Waals surface area contributed by atoms with E-state index in [9.17, 15) is 4.79 Å². The first-order valence-electron chi connectivity index (χ1n) is 10.5. The summed E-state index contributed by atoms with van der Waals surface area (Å²) in [5, 5.41) is 4.50. The van der Waals surface area contributed by atoms with E-state index in [-0.39, 0.29) is 12.0 Å². The Labute approximate surface area is 174 Å². The number of aromatic nitrogens is 4. The summed E-state index contributed by atoms with van der Waals surface area (Å²) in [6, 6.07) is 5.84. The van der Waals surface area contributed by atoms with Crippen molar-refractivity contribution in [3.8, 4) is 11.3 Å². The number of hydrogen-bond acceptors (Lipinski definition) is 7. The van der Waals surface area contributed by atoms with Gasteiger partial charge in [0.15, 0.2) is 12.0 Å². The number of nitrogens with zero attached hydrogens (tertiary/aromatic N) is 5. The Morgan fingerprint density at radius 3 is 2.80 bits per heavy atom. The summed E-state index contributed by atoms with van der Waals surface area (Å²) in [6.07, 6.45) is 6.62. The van der Waals surface area contributed by atoms with Gasteiger partial charge in [0.25, 0.3) is 0 Å². The van der Waals surface area contributed by atoms with Crippen molar-refractivity contribution in [2.45, 2.75) is 32.4 Å². The Kier molecular flexibility index (Phi) is 5.18. The van der Waals surface area contributed by atoms with Crippen LogP contribution in [-0.2, 0) is 9.47 Å². The van der Waals surface area contributed by atoms with Gasteiger partial charge in [-0.25, -0.2) is 9.67 Å². The van der Waals surface area contributed by atoms with E-state index < -0.39 is 0 Å². The van der Waals surface area contributed by atoms with E-state index >= 15 is 0 Å². The Hall–Kier alpha value is -2.84. The second-order valence-electron chi connectivity index (χ2n) is 7.76. The summed E-state index contributed by atoms with van der Waals surface area (Å²) >= 11 is 0. The van der Waals surface area contributed by atoms with Crippen LogP contribution in [0.2, 0.25) is 0 Å². The fourth-order valence-electron chi connectivity index (χ4n) is 4.16. The van der Waals surface area contributed by atoms with Crippen LogP contribution < -0.4 is 4.90 Å². The fourth-order valence-corrected chi connectivity index (χ4v) is 4.16. The number of anilines is 1. The molecule has 1 atom stereocenters. The maximum absolute atomic E-state index is 12.5. The molecule has 4 heterocycles. The Bertz CT molecular complexity index is 1070. The summed E-state index contributed by atoms with van der Waals surface area (Å²) in [4.78, 5) is 24.1. The topological polar surface area (TPSA) is 82.4 Å². The predicted octanol–water partition coefficient (Wildman–Crippen LogP) is 3.23. The standard InChI is InChI=1S/C22H25N5O3/c1-15(28)17-12-16(19-5-6-24-27(19)21-4-2-3-9-30-21)13-18-22(17)25-20(14-23-18)26-7-10-29-11-8-26/h5-6,12-14,21H,2-4,7-11H2,1H3. The van der Waals surface area contributed by atoms with E-state index in [4.69, 9.17) is 14.5 Å². The maximum Gasteiger partial charge on any atom is 0.162 e. The van der Waals surface area contributed by atoms with Gasteiger partial charge < -0.3 is 14.4 Å². The van der Waals surface area contributed by atoms with Gasteiger partial charge in [-0.1, -0.05) is 0 Å². The Morgan fingerprint density at radius 1 is 1.17 bits per heavy atom. The number of rotatable bonds is 4. The molecule has 8 heteroatoms. The highest BCUT2D eigenvalue weighted by Crippen LogP contribution is 2.31. The van der Waals surface area contributed by atoms with Crippen LogP contribution in [0.4, 0.5) is 5.82 Å². The third-order valence-electron chi connectivity index (χ3n) is 5.74. The molecule has 2 aliphatic heterocycles. The van der Waals surface area contributed by atoms with Gasteiger partial charge in [-0.3, -0.25) is 9.78 Å². The van der Waals surface area contributed by atoms with Gasteiger partial charge >= 0.3 is 0 Å². The molecular weight excluding hydrogens is 382 g/mol. The lowest BCUT2D eigenvalue weighted by Gasteiger charge is -2.27. The van der Waals surface area contributed by atoms with Crippen molar-refractivity contribution in [2.24, 2.45) is 0 Å². The molecule has 156 valence electrons. The van der Waals surface area contributed by atoms with Crippen LogP contribution >= 0.6 is 0 Å². The highest BCUT2D eigenvalue weighted by atomic mass is 16.5. The van der Waals surface area contributed by atoms with Crippen LogP contribution in [0.15, 0.2) is 30.6 Å². The second kappa shape index (κ2) is 8.12. The Morgan fingerprint density at radius 2 is 2.03 bits per heavy atom. The van der Waals surface area contributed by atoms with Crippen LogP contribution in [0.25, 0.3) is 22.3 Å². The molecule has 2 aliphatic rings. The number of fused-ring (bicyclic) bond motifs is 1. The normalized spacial score (nSPS) is 19.9. The van der Waals surface area contributed by atoms with Crippen LogP contribution in [-0.4, -0.2) is 58.4 Å². The zero-order chi connectivity index (χ0) is 20.5. The van der Waals surface area contributed by atoms with Gasteiger partial charge in [-0.05, 0) is 44.4 Å². The van der Waals surface area contributed by atoms with E-state index in [1.165, 1.54) is 0 Å². The lowest BCUT2D eigenvalue weighted by atomic mass is 10.0. The first-order chi connectivity index (χ1) is 14.7.